The van der Waals surface area contributed by atoms with Crippen LogP contribution in [0.15, 0.2) is 42.6 Å². The van der Waals surface area contributed by atoms with Gasteiger partial charge in [-0.2, -0.15) is 13.2 Å². The largest absolute Gasteiger partial charge is 0.484 e. The van der Waals surface area contributed by atoms with E-state index in [1.165, 1.54) is 30.5 Å². The summed E-state index contributed by atoms with van der Waals surface area (Å²) in [5.74, 6) is -0.453. The van der Waals surface area contributed by atoms with Gasteiger partial charge in [0.1, 0.15) is 11.6 Å². The van der Waals surface area contributed by atoms with Crippen molar-refractivity contribution in [3.05, 3.63) is 53.7 Å². The van der Waals surface area contributed by atoms with Gasteiger partial charge in [-0.3, -0.25) is 9.59 Å². The van der Waals surface area contributed by atoms with E-state index in [4.69, 9.17) is 0 Å². The number of anilines is 1. The maximum atomic E-state index is 12.5. The number of hydrogen-bond acceptors (Lipinski definition) is 4. The van der Waals surface area contributed by atoms with Crippen LogP contribution in [0.5, 0.6) is 5.75 Å². The van der Waals surface area contributed by atoms with E-state index in [1.807, 2.05) is 0 Å². The number of aromatic nitrogens is 1. The highest BCUT2D eigenvalue weighted by molar-refractivity contribution is 5.97. The number of halogens is 3. The highest BCUT2D eigenvalue weighted by Gasteiger charge is 2.28. The number of pyridine rings is 1. The second-order valence-electron chi connectivity index (χ2n) is 6.74. The Hall–Kier alpha value is -3.10. The number of rotatable bonds is 7. The molecule has 0 spiro atoms. The molecule has 1 atom stereocenters. The summed E-state index contributed by atoms with van der Waals surface area (Å²) in [6.07, 6.45) is -2.99. The summed E-state index contributed by atoms with van der Waals surface area (Å²) in [4.78, 5) is 28.3. The molecule has 6 nitrogen and oxygen atoms in total. The topological polar surface area (TPSA) is 80.3 Å². The van der Waals surface area contributed by atoms with Gasteiger partial charge in [0.25, 0.3) is 5.91 Å². The first kappa shape index (κ1) is 22.2. The number of hydrogen-bond donors (Lipinski definition) is 2. The first-order valence-electron chi connectivity index (χ1n) is 8.92. The minimum atomic E-state index is -4.40. The smallest absolute Gasteiger partial charge is 0.422 e. The molecule has 9 heteroatoms. The van der Waals surface area contributed by atoms with Crippen molar-refractivity contribution in [2.75, 3.05) is 11.9 Å². The second kappa shape index (κ2) is 9.40. The third kappa shape index (κ3) is 7.10. The maximum absolute atomic E-state index is 12.5. The Labute approximate surface area is 166 Å². The lowest BCUT2D eigenvalue weighted by atomic mass is 10.1. The molecular weight excluding hydrogens is 387 g/mol. The van der Waals surface area contributed by atoms with Crippen molar-refractivity contribution in [1.82, 2.24) is 10.3 Å². The van der Waals surface area contributed by atoms with Gasteiger partial charge in [-0.15, -0.1) is 0 Å². The molecule has 1 heterocycles. The molecule has 1 aromatic carbocycles. The summed E-state index contributed by atoms with van der Waals surface area (Å²) in [6, 6.07) is 8.57. The molecule has 2 aromatic rings. The van der Waals surface area contributed by atoms with Gasteiger partial charge in [0.05, 0.1) is 6.04 Å². The summed E-state index contributed by atoms with van der Waals surface area (Å²) in [6.45, 7) is 3.86. The van der Waals surface area contributed by atoms with Gasteiger partial charge in [0, 0.05) is 17.7 Å². The Bertz CT molecular complexity index is 852. The van der Waals surface area contributed by atoms with Crippen LogP contribution in [-0.2, 0) is 4.79 Å². The molecular formula is C20H22F3N3O3. The Kier molecular flexibility index (Phi) is 7.19. The SMILES string of the molecule is CC(C)C(=O)Nc1cc(C(=O)NC(C)c2ccc(OCC(F)(F)F)cc2)ccn1. The number of nitrogens with zero attached hydrogens (tertiary/aromatic N) is 1. The predicted molar refractivity (Wildman–Crippen MR) is 102 cm³/mol. The molecule has 2 rings (SSSR count). The van der Waals surface area contributed by atoms with E-state index < -0.39 is 18.8 Å². The van der Waals surface area contributed by atoms with Gasteiger partial charge < -0.3 is 15.4 Å². The molecule has 0 aliphatic rings. The van der Waals surface area contributed by atoms with Crippen LogP contribution in [0.25, 0.3) is 0 Å². The Morgan fingerprint density at radius 3 is 2.34 bits per heavy atom. The average molecular weight is 409 g/mol. The average Bonchev–Trinajstić information content (AvgIpc) is 2.66. The second-order valence-corrected chi connectivity index (χ2v) is 6.74. The van der Waals surface area contributed by atoms with Crippen molar-refractivity contribution in [1.29, 1.82) is 0 Å². The highest BCUT2D eigenvalue weighted by atomic mass is 19.4. The van der Waals surface area contributed by atoms with Crippen LogP contribution in [-0.4, -0.2) is 29.6 Å². The normalized spacial score (nSPS) is 12.4. The molecule has 1 aromatic heterocycles. The van der Waals surface area contributed by atoms with Crippen LogP contribution in [0.4, 0.5) is 19.0 Å². The number of ether oxygens (including phenoxy) is 1. The van der Waals surface area contributed by atoms with E-state index in [0.29, 0.717) is 11.1 Å². The minimum Gasteiger partial charge on any atom is -0.484 e. The van der Waals surface area contributed by atoms with E-state index in [2.05, 4.69) is 20.4 Å². The number of nitrogens with one attached hydrogen (secondary N) is 2. The van der Waals surface area contributed by atoms with E-state index >= 15 is 0 Å². The summed E-state index contributed by atoms with van der Waals surface area (Å²) < 4.78 is 41.2. The molecule has 0 saturated heterocycles. The first-order valence-corrected chi connectivity index (χ1v) is 8.92. The van der Waals surface area contributed by atoms with Gasteiger partial charge in [-0.25, -0.2) is 4.98 Å². The number of carbonyl (C=O) groups is 2. The van der Waals surface area contributed by atoms with Crippen LogP contribution < -0.4 is 15.4 Å². The molecule has 0 fully saturated rings. The molecule has 2 amide bonds. The van der Waals surface area contributed by atoms with Crippen molar-refractivity contribution in [3.63, 3.8) is 0 Å². The third-order valence-electron chi connectivity index (χ3n) is 3.93. The Morgan fingerprint density at radius 2 is 1.76 bits per heavy atom. The molecule has 0 saturated carbocycles. The fraction of sp³-hybridized carbons (Fsp3) is 0.350. The zero-order valence-corrected chi connectivity index (χ0v) is 16.2. The molecule has 0 radical (unpaired) electrons. The third-order valence-corrected chi connectivity index (χ3v) is 3.93. The minimum absolute atomic E-state index is 0.0873. The predicted octanol–water partition coefficient (Wildman–Crippen LogP) is 4.11. The number of benzene rings is 1. The van der Waals surface area contributed by atoms with E-state index in [9.17, 15) is 22.8 Å². The number of amides is 2. The van der Waals surface area contributed by atoms with Gasteiger partial charge in [-0.05, 0) is 36.8 Å². The fourth-order valence-corrected chi connectivity index (χ4v) is 2.29. The van der Waals surface area contributed by atoms with E-state index in [0.717, 1.165) is 0 Å². The lowest BCUT2D eigenvalue weighted by Crippen LogP contribution is -2.27. The lowest BCUT2D eigenvalue weighted by Gasteiger charge is -2.16. The zero-order chi connectivity index (χ0) is 21.6. The Morgan fingerprint density at radius 1 is 1.10 bits per heavy atom. The van der Waals surface area contributed by atoms with Crippen LogP contribution in [0.3, 0.4) is 0 Å². The van der Waals surface area contributed by atoms with Crippen LogP contribution in [0.2, 0.25) is 0 Å². The van der Waals surface area contributed by atoms with Crippen molar-refractivity contribution in [3.8, 4) is 5.75 Å². The standard InChI is InChI=1S/C20H22F3N3O3/c1-12(2)18(27)26-17-10-15(8-9-24-17)19(28)25-13(3)14-4-6-16(7-5-14)29-11-20(21,22)23/h4-10,12-13H,11H2,1-3H3,(H,25,28)(H,24,26,27). The van der Waals surface area contributed by atoms with Gasteiger partial charge in [0.15, 0.2) is 6.61 Å². The van der Waals surface area contributed by atoms with Crippen molar-refractivity contribution in [2.24, 2.45) is 5.92 Å². The fourth-order valence-electron chi connectivity index (χ4n) is 2.29. The van der Waals surface area contributed by atoms with Crippen LogP contribution in [0.1, 0.15) is 42.7 Å². The molecule has 2 N–H and O–H groups in total. The first-order chi connectivity index (χ1) is 13.5. The van der Waals surface area contributed by atoms with Crippen LogP contribution >= 0.6 is 0 Å². The van der Waals surface area contributed by atoms with Gasteiger partial charge in [0.2, 0.25) is 5.91 Å². The van der Waals surface area contributed by atoms with Crippen molar-refractivity contribution in [2.45, 2.75) is 33.0 Å². The lowest BCUT2D eigenvalue weighted by molar-refractivity contribution is -0.153. The molecule has 1 unspecified atom stereocenters. The molecule has 156 valence electrons. The van der Waals surface area contributed by atoms with Crippen LogP contribution in [0, 0.1) is 5.92 Å². The van der Waals surface area contributed by atoms with E-state index in [1.54, 1.807) is 32.9 Å². The monoisotopic (exact) mass is 409 g/mol. The number of alkyl halides is 3. The summed E-state index contributed by atoms with van der Waals surface area (Å²) in [5, 5.41) is 5.42. The van der Waals surface area contributed by atoms with Crippen molar-refractivity contribution < 1.29 is 27.5 Å². The highest BCUT2D eigenvalue weighted by Crippen LogP contribution is 2.21. The van der Waals surface area contributed by atoms with E-state index in [-0.39, 0.29) is 29.3 Å². The quantitative estimate of drug-likeness (QED) is 0.721. The summed E-state index contributed by atoms with van der Waals surface area (Å²) in [7, 11) is 0. The summed E-state index contributed by atoms with van der Waals surface area (Å²) >= 11 is 0. The molecule has 0 bridgehead atoms. The Balaban J connectivity index is 1.99. The molecule has 0 aliphatic carbocycles. The molecule has 0 aliphatic heterocycles. The van der Waals surface area contributed by atoms with Gasteiger partial charge >= 0.3 is 6.18 Å². The number of carbonyl (C=O) groups excluding carboxylic acids is 2. The molecule has 29 heavy (non-hydrogen) atoms. The van der Waals surface area contributed by atoms with Gasteiger partial charge in [-0.1, -0.05) is 26.0 Å². The maximum Gasteiger partial charge on any atom is 0.422 e. The zero-order valence-electron chi connectivity index (χ0n) is 16.2. The van der Waals surface area contributed by atoms with Crippen molar-refractivity contribution >= 4 is 17.6 Å². The summed E-state index contributed by atoms with van der Waals surface area (Å²) in [5.41, 5.74) is 1.01.